The first-order valence-electron chi connectivity index (χ1n) is 7.91. The molecule has 1 fully saturated rings. The largest absolute Gasteiger partial charge is 0.341 e. The number of piperidine rings is 1. The summed E-state index contributed by atoms with van der Waals surface area (Å²) < 4.78 is 1.24. The average molecular weight is 332 g/mol. The molecule has 2 N–H and O–H groups in total. The Morgan fingerprint density at radius 1 is 1.29 bits per heavy atom. The lowest BCUT2D eigenvalue weighted by Gasteiger charge is -2.31. The van der Waals surface area contributed by atoms with Crippen LogP contribution < -0.4 is 11.2 Å². The minimum atomic E-state index is -0.565. The predicted molar refractivity (Wildman–Crippen MR) is 85.7 cm³/mol. The van der Waals surface area contributed by atoms with Gasteiger partial charge in [-0.3, -0.25) is 24.2 Å². The Bertz CT molecular complexity index is 857. The number of likely N-dealkylation sites (tertiary alicyclic amines) is 1. The Balaban J connectivity index is 1.62. The van der Waals surface area contributed by atoms with Gasteiger partial charge in [0.1, 0.15) is 12.4 Å². The number of amides is 1. The summed E-state index contributed by atoms with van der Waals surface area (Å²) in [7, 11) is 0. The van der Waals surface area contributed by atoms with Crippen molar-refractivity contribution in [2.24, 2.45) is 0 Å². The van der Waals surface area contributed by atoms with E-state index in [9.17, 15) is 14.4 Å². The van der Waals surface area contributed by atoms with Crippen molar-refractivity contribution < 1.29 is 4.79 Å². The number of hydrogen-bond acceptors (Lipinski definition) is 5. The van der Waals surface area contributed by atoms with E-state index < -0.39 is 11.2 Å². The van der Waals surface area contributed by atoms with Crippen LogP contribution in [0.4, 0.5) is 0 Å². The van der Waals surface area contributed by atoms with Gasteiger partial charge in [-0.25, -0.2) is 9.78 Å². The van der Waals surface area contributed by atoms with Crippen molar-refractivity contribution in [2.45, 2.75) is 39.2 Å². The van der Waals surface area contributed by atoms with E-state index in [-0.39, 0.29) is 18.4 Å². The van der Waals surface area contributed by atoms with Crippen LogP contribution in [-0.2, 0) is 11.3 Å². The third-order valence-electron chi connectivity index (χ3n) is 4.32. The van der Waals surface area contributed by atoms with Crippen LogP contribution in [0.3, 0.4) is 0 Å². The molecular formula is C15H20N6O3. The van der Waals surface area contributed by atoms with Gasteiger partial charge in [-0.2, -0.15) is 5.10 Å². The third-order valence-corrected chi connectivity index (χ3v) is 4.32. The standard InChI is InChI=1S/C15H20N6O3/c1-9-7-21(15(24)17-14(9)23)8-12(22)20-5-3-11(4-6-20)13-16-10(2)18-19-13/h7,11H,3-6,8H2,1-2H3,(H,16,18,19)(H,17,23,24). The maximum atomic E-state index is 12.4. The van der Waals surface area contributed by atoms with E-state index >= 15 is 0 Å². The van der Waals surface area contributed by atoms with E-state index in [4.69, 9.17) is 0 Å². The van der Waals surface area contributed by atoms with E-state index in [1.807, 2.05) is 6.92 Å². The van der Waals surface area contributed by atoms with Gasteiger partial charge in [0.15, 0.2) is 5.82 Å². The van der Waals surface area contributed by atoms with Gasteiger partial charge >= 0.3 is 5.69 Å². The van der Waals surface area contributed by atoms with Crippen molar-refractivity contribution in [1.29, 1.82) is 0 Å². The lowest BCUT2D eigenvalue weighted by molar-refractivity contribution is -0.133. The zero-order valence-corrected chi connectivity index (χ0v) is 13.7. The van der Waals surface area contributed by atoms with Crippen LogP contribution in [0.2, 0.25) is 0 Å². The molecule has 0 saturated carbocycles. The maximum Gasteiger partial charge on any atom is 0.328 e. The minimum absolute atomic E-state index is 0.0686. The number of rotatable bonds is 3. The summed E-state index contributed by atoms with van der Waals surface area (Å²) in [4.78, 5) is 43.8. The van der Waals surface area contributed by atoms with Crippen molar-refractivity contribution >= 4 is 5.91 Å². The number of aromatic amines is 2. The third kappa shape index (κ3) is 3.29. The summed E-state index contributed by atoms with van der Waals surface area (Å²) in [6.45, 7) is 4.60. The topological polar surface area (TPSA) is 117 Å². The number of carbonyl (C=O) groups excluding carboxylic acids is 1. The molecule has 9 heteroatoms. The molecular weight excluding hydrogens is 312 g/mol. The first-order chi connectivity index (χ1) is 11.4. The molecule has 0 aromatic carbocycles. The fraction of sp³-hybridized carbons (Fsp3) is 0.533. The molecule has 2 aromatic rings. The maximum absolute atomic E-state index is 12.4. The fourth-order valence-electron chi connectivity index (χ4n) is 2.91. The quantitative estimate of drug-likeness (QED) is 0.799. The van der Waals surface area contributed by atoms with Crippen molar-refractivity contribution in [2.75, 3.05) is 13.1 Å². The Morgan fingerprint density at radius 3 is 2.62 bits per heavy atom. The molecule has 1 amide bonds. The molecule has 3 rings (SSSR count). The molecule has 0 unspecified atom stereocenters. The van der Waals surface area contributed by atoms with E-state index in [1.54, 1.807) is 11.8 Å². The molecule has 2 aromatic heterocycles. The van der Waals surface area contributed by atoms with E-state index in [2.05, 4.69) is 20.2 Å². The molecule has 1 saturated heterocycles. The highest BCUT2D eigenvalue weighted by Gasteiger charge is 2.26. The first-order valence-corrected chi connectivity index (χ1v) is 7.91. The zero-order chi connectivity index (χ0) is 17.3. The Kier molecular flexibility index (Phi) is 4.32. The second-order valence-electron chi connectivity index (χ2n) is 6.13. The number of aromatic nitrogens is 5. The molecule has 128 valence electrons. The van der Waals surface area contributed by atoms with Crippen LogP contribution >= 0.6 is 0 Å². The van der Waals surface area contributed by atoms with Crippen molar-refractivity contribution in [3.05, 3.63) is 44.2 Å². The predicted octanol–water partition coefficient (Wildman–Crippen LogP) is -0.322. The molecule has 0 atom stereocenters. The van der Waals surface area contributed by atoms with E-state index in [0.717, 1.165) is 24.5 Å². The Hall–Kier alpha value is -2.71. The number of aryl methyl sites for hydroxylation is 2. The van der Waals surface area contributed by atoms with Crippen LogP contribution in [-0.4, -0.2) is 48.6 Å². The normalized spacial score (nSPS) is 15.7. The van der Waals surface area contributed by atoms with Crippen LogP contribution in [0.1, 0.15) is 36.0 Å². The second-order valence-corrected chi connectivity index (χ2v) is 6.13. The highest BCUT2D eigenvalue weighted by molar-refractivity contribution is 5.76. The number of H-pyrrole nitrogens is 2. The van der Waals surface area contributed by atoms with E-state index in [1.165, 1.54) is 10.8 Å². The minimum Gasteiger partial charge on any atom is -0.341 e. The van der Waals surface area contributed by atoms with Crippen molar-refractivity contribution in [3.8, 4) is 0 Å². The summed E-state index contributed by atoms with van der Waals surface area (Å²) in [6.07, 6.45) is 3.01. The summed E-state index contributed by atoms with van der Waals surface area (Å²) in [5, 5.41) is 7.03. The molecule has 0 radical (unpaired) electrons. The van der Waals surface area contributed by atoms with Gasteiger partial charge < -0.3 is 4.90 Å². The highest BCUT2D eigenvalue weighted by atomic mass is 16.2. The van der Waals surface area contributed by atoms with Crippen LogP contribution in [0.15, 0.2) is 15.8 Å². The van der Waals surface area contributed by atoms with Gasteiger partial charge in [0.2, 0.25) is 5.91 Å². The van der Waals surface area contributed by atoms with Crippen LogP contribution in [0, 0.1) is 13.8 Å². The zero-order valence-electron chi connectivity index (χ0n) is 13.7. The lowest BCUT2D eigenvalue weighted by atomic mass is 9.96. The molecule has 0 bridgehead atoms. The van der Waals surface area contributed by atoms with Gasteiger partial charge in [0, 0.05) is 30.8 Å². The van der Waals surface area contributed by atoms with Gasteiger partial charge in [-0.15, -0.1) is 0 Å². The molecule has 3 heterocycles. The van der Waals surface area contributed by atoms with Gasteiger partial charge in [0.05, 0.1) is 0 Å². The van der Waals surface area contributed by atoms with Crippen LogP contribution in [0.25, 0.3) is 0 Å². The average Bonchev–Trinajstić information content (AvgIpc) is 2.99. The second kappa shape index (κ2) is 6.42. The van der Waals surface area contributed by atoms with Crippen molar-refractivity contribution in [3.63, 3.8) is 0 Å². The number of nitrogens with one attached hydrogen (secondary N) is 2. The smallest absolute Gasteiger partial charge is 0.328 e. The summed E-state index contributed by atoms with van der Waals surface area (Å²) >= 11 is 0. The Labute approximate surface area is 137 Å². The van der Waals surface area contributed by atoms with E-state index in [0.29, 0.717) is 18.7 Å². The SMILES string of the molecule is Cc1nc(C2CCN(C(=O)Cn3cc(C)c(=O)[nH]c3=O)CC2)n[nH]1. The number of carbonyl (C=O) groups is 1. The molecule has 1 aliphatic heterocycles. The summed E-state index contributed by atoms with van der Waals surface area (Å²) in [5.74, 6) is 1.70. The summed E-state index contributed by atoms with van der Waals surface area (Å²) in [5.41, 5.74) is -0.586. The van der Waals surface area contributed by atoms with Gasteiger partial charge in [0.25, 0.3) is 5.56 Å². The Morgan fingerprint density at radius 2 is 2.00 bits per heavy atom. The van der Waals surface area contributed by atoms with Crippen molar-refractivity contribution in [1.82, 2.24) is 29.6 Å². The molecule has 9 nitrogen and oxygen atoms in total. The number of hydrogen-bond donors (Lipinski definition) is 2. The first kappa shape index (κ1) is 16.2. The lowest BCUT2D eigenvalue weighted by Crippen LogP contribution is -2.42. The van der Waals surface area contributed by atoms with Gasteiger partial charge in [-0.1, -0.05) is 0 Å². The van der Waals surface area contributed by atoms with Gasteiger partial charge in [-0.05, 0) is 26.7 Å². The van der Waals surface area contributed by atoms with Crippen LogP contribution in [0.5, 0.6) is 0 Å². The number of nitrogens with zero attached hydrogens (tertiary/aromatic N) is 4. The highest BCUT2D eigenvalue weighted by Crippen LogP contribution is 2.25. The molecule has 1 aliphatic rings. The molecule has 0 aliphatic carbocycles. The summed E-state index contributed by atoms with van der Waals surface area (Å²) in [6, 6.07) is 0. The molecule has 0 spiro atoms. The molecule has 24 heavy (non-hydrogen) atoms. The monoisotopic (exact) mass is 332 g/mol. The fourth-order valence-corrected chi connectivity index (χ4v) is 2.91.